The zero-order valence-electron chi connectivity index (χ0n) is 13.2. The molecule has 0 radical (unpaired) electrons. The quantitative estimate of drug-likeness (QED) is 0.848. The first-order valence-electron chi connectivity index (χ1n) is 8.07. The van der Waals surface area contributed by atoms with Crippen molar-refractivity contribution >= 4 is 11.6 Å². The molecule has 0 bridgehead atoms. The third-order valence-corrected chi connectivity index (χ3v) is 4.43. The van der Waals surface area contributed by atoms with Crippen molar-refractivity contribution in [2.24, 2.45) is 5.92 Å². The molecule has 0 heterocycles. The lowest BCUT2D eigenvalue weighted by Gasteiger charge is -2.28. The van der Waals surface area contributed by atoms with Gasteiger partial charge in [-0.15, -0.1) is 0 Å². The maximum Gasteiger partial charge on any atom is 0.471 e. The molecule has 0 unspecified atom stereocenters. The number of alkyl halides is 3. The van der Waals surface area contributed by atoms with Crippen LogP contribution in [-0.4, -0.2) is 18.1 Å². The summed E-state index contributed by atoms with van der Waals surface area (Å²) in [5.74, 6) is -1.28. The number of halogens is 3. The highest BCUT2D eigenvalue weighted by atomic mass is 19.4. The van der Waals surface area contributed by atoms with Crippen molar-refractivity contribution in [3.05, 3.63) is 29.8 Å². The van der Waals surface area contributed by atoms with E-state index in [1.807, 2.05) is 11.4 Å². The second-order valence-electron chi connectivity index (χ2n) is 6.22. The first kappa shape index (κ1) is 17.8. The van der Waals surface area contributed by atoms with Crippen LogP contribution in [0.25, 0.3) is 0 Å². The van der Waals surface area contributed by atoms with E-state index in [2.05, 4.69) is 12.2 Å². The van der Waals surface area contributed by atoms with E-state index in [4.69, 9.17) is 0 Å². The Morgan fingerprint density at radius 2 is 1.96 bits per heavy atom. The zero-order valence-corrected chi connectivity index (χ0v) is 13.2. The molecule has 1 atom stereocenters. The highest BCUT2D eigenvalue weighted by molar-refractivity contribution is 5.94. The van der Waals surface area contributed by atoms with E-state index in [9.17, 15) is 18.0 Å². The topological polar surface area (TPSA) is 41.1 Å². The molecule has 2 N–H and O–H groups in total. The van der Waals surface area contributed by atoms with Crippen LogP contribution in [-0.2, 0) is 11.3 Å². The van der Waals surface area contributed by atoms with Crippen LogP contribution in [0.3, 0.4) is 0 Å². The summed E-state index contributed by atoms with van der Waals surface area (Å²) in [6, 6.07) is 6.89. The van der Waals surface area contributed by atoms with E-state index in [1.54, 1.807) is 12.1 Å². The third kappa shape index (κ3) is 5.53. The molecule has 1 aliphatic rings. The van der Waals surface area contributed by atoms with Gasteiger partial charge < -0.3 is 10.6 Å². The summed E-state index contributed by atoms with van der Waals surface area (Å²) >= 11 is 0. The number of hydrogen-bond acceptors (Lipinski definition) is 2. The number of anilines is 1. The lowest BCUT2D eigenvalue weighted by atomic mass is 9.84. The maximum atomic E-state index is 12.3. The van der Waals surface area contributed by atoms with Crippen molar-refractivity contribution < 1.29 is 18.0 Å². The van der Waals surface area contributed by atoms with Gasteiger partial charge >= 0.3 is 12.1 Å². The first-order valence-corrected chi connectivity index (χ1v) is 8.07. The lowest BCUT2D eigenvalue weighted by Crippen LogP contribution is -2.34. The Labute approximate surface area is 134 Å². The minimum Gasteiger partial charge on any atom is -0.318 e. The molecule has 1 saturated carbocycles. The predicted molar refractivity (Wildman–Crippen MR) is 84.0 cm³/mol. The molecule has 1 aliphatic carbocycles. The Balaban J connectivity index is 1.88. The van der Waals surface area contributed by atoms with Crippen molar-refractivity contribution in [1.82, 2.24) is 5.32 Å². The molecule has 1 aromatic carbocycles. The molecule has 6 heteroatoms. The Morgan fingerprint density at radius 1 is 1.26 bits per heavy atom. The molecule has 23 heavy (non-hydrogen) atoms. The normalized spacial score (nSPS) is 17.7. The van der Waals surface area contributed by atoms with Crippen LogP contribution < -0.4 is 10.6 Å². The van der Waals surface area contributed by atoms with Crippen LogP contribution in [0, 0.1) is 5.92 Å². The Hall–Kier alpha value is -1.56. The molecule has 0 aromatic heterocycles. The fourth-order valence-corrected chi connectivity index (χ4v) is 3.04. The van der Waals surface area contributed by atoms with Crippen LogP contribution in [0.2, 0.25) is 0 Å². The lowest BCUT2D eigenvalue weighted by molar-refractivity contribution is -0.167. The van der Waals surface area contributed by atoms with E-state index in [0.717, 1.165) is 5.56 Å². The monoisotopic (exact) mass is 328 g/mol. The van der Waals surface area contributed by atoms with E-state index in [1.165, 1.54) is 38.2 Å². The Kier molecular flexibility index (Phi) is 6.04. The zero-order chi connectivity index (χ0) is 16.9. The van der Waals surface area contributed by atoms with E-state index in [-0.39, 0.29) is 5.69 Å². The van der Waals surface area contributed by atoms with Crippen LogP contribution >= 0.6 is 0 Å². The smallest absolute Gasteiger partial charge is 0.318 e. The fraction of sp³-hybridized carbons (Fsp3) is 0.588. The molecular formula is C17H23F3N2O. The Bertz CT molecular complexity index is 525. The van der Waals surface area contributed by atoms with Gasteiger partial charge in [-0.3, -0.25) is 4.79 Å². The predicted octanol–water partition coefficient (Wildman–Crippen LogP) is 4.25. The molecule has 3 nitrogen and oxygen atoms in total. The third-order valence-electron chi connectivity index (χ3n) is 4.43. The van der Waals surface area contributed by atoms with Crippen LogP contribution in [0.4, 0.5) is 18.9 Å². The van der Waals surface area contributed by atoms with Crippen LogP contribution in [0.1, 0.15) is 44.6 Å². The van der Waals surface area contributed by atoms with Gasteiger partial charge in [-0.2, -0.15) is 13.2 Å². The molecule has 0 spiro atoms. The fourth-order valence-electron chi connectivity index (χ4n) is 3.04. The standard InChI is InChI=1S/C17H23F3N2O/c1-12(14-7-3-2-4-8-14)21-11-13-6-5-9-15(10-13)22-16(23)17(18,19)20/h5-6,9-10,12,14,21H,2-4,7-8,11H2,1H3,(H,22,23)/t12-/m0/s1. The van der Waals surface area contributed by atoms with Gasteiger partial charge in [0.1, 0.15) is 0 Å². The highest BCUT2D eigenvalue weighted by Gasteiger charge is 2.38. The SMILES string of the molecule is C[C@H](NCc1cccc(NC(=O)C(F)(F)F)c1)C1CCCCC1. The molecule has 1 fully saturated rings. The average molecular weight is 328 g/mol. The summed E-state index contributed by atoms with van der Waals surface area (Å²) in [5, 5.41) is 5.33. The molecule has 2 rings (SSSR count). The van der Waals surface area contributed by atoms with Crippen molar-refractivity contribution in [2.45, 2.75) is 57.8 Å². The summed E-state index contributed by atoms with van der Waals surface area (Å²) in [4.78, 5) is 11.0. The number of carbonyl (C=O) groups is 1. The molecule has 128 valence electrons. The average Bonchev–Trinajstić information content (AvgIpc) is 2.53. The minimum absolute atomic E-state index is 0.164. The number of amides is 1. The van der Waals surface area contributed by atoms with E-state index >= 15 is 0 Å². The molecular weight excluding hydrogens is 305 g/mol. The number of benzene rings is 1. The van der Waals surface area contributed by atoms with Gasteiger partial charge in [0, 0.05) is 18.3 Å². The van der Waals surface area contributed by atoms with Crippen LogP contribution in [0.5, 0.6) is 0 Å². The molecule has 1 amide bonds. The van der Waals surface area contributed by atoms with E-state index in [0.29, 0.717) is 18.5 Å². The molecule has 0 saturated heterocycles. The summed E-state index contributed by atoms with van der Waals surface area (Å²) in [7, 11) is 0. The largest absolute Gasteiger partial charge is 0.471 e. The number of rotatable bonds is 5. The summed E-state index contributed by atoms with van der Waals surface area (Å²) in [6.45, 7) is 2.73. The van der Waals surface area contributed by atoms with E-state index < -0.39 is 12.1 Å². The highest BCUT2D eigenvalue weighted by Crippen LogP contribution is 2.26. The first-order chi connectivity index (χ1) is 10.9. The molecule has 0 aliphatic heterocycles. The van der Waals surface area contributed by atoms with Gasteiger partial charge in [0.25, 0.3) is 0 Å². The van der Waals surface area contributed by atoms with Gasteiger partial charge in [0.15, 0.2) is 0 Å². The summed E-state index contributed by atoms with van der Waals surface area (Å²) in [6.07, 6.45) is 1.45. The number of nitrogens with one attached hydrogen (secondary N) is 2. The summed E-state index contributed by atoms with van der Waals surface area (Å²) < 4.78 is 36.8. The van der Waals surface area contributed by atoms with Gasteiger partial charge in [-0.05, 0) is 43.4 Å². The Morgan fingerprint density at radius 3 is 2.61 bits per heavy atom. The van der Waals surface area contributed by atoms with Crippen molar-refractivity contribution in [1.29, 1.82) is 0 Å². The van der Waals surface area contributed by atoms with Gasteiger partial charge in [0.2, 0.25) is 0 Å². The summed E-state index contributed by atoms with van der Waals surface area (Å²) in [5.41, 5.74) is 1.02. The van der Waals surface area contributed by atoms with Gasteiger partial charge in [-0.25, -0.2) is 0 Å². The minimum atomic E-state index is -4.87. The van der Waals surface area contributed by atoms with Crippen molar-refractivity contribution in [3.8, 4) is 0 Å². The van der Waals surface area contributed by atoms with Gasteiger partial charge in [0.05, 0.1) is 0 Å². The second kappa shape index (κ2) is 7.81. The van der Waals surface area contributed by atoms with Crippen molar-refractivity contribution in [2.75, 3.05) is 5.32 Å². The molecule has 1 aromatic rings. The number of carbonyl (C=O) groups excluding carboxylic acids is 1. The van der Waals surface area contributed by atoms with Crippen molar-refractivity contribution in [3.63, 3.8) is 0 Å². The van der Waals surface area contributed by atoms with Gasteiger partial charge in [-0.1, -0.05) is 31.4 Å². The second-order valence-corrected chi connectivity index (χ2v) is 6.22. The maximum absolute atomic E-state index is 12.3. The van der Waals surface area contributed by atoms with Crippen LogP contribution in [0.15, 0.2) is 24.3 Å². The number of hydrogen-bond donors (Lipinski definition) is 2.